The van der Waals surface area contributed by atoms with Crippen LogP contribution in [-0.4, -0.2) is 36.1 Å². The van der Waals surface area contributed by atoms with E-state index in [2.05, 4.69) is 21.2 Å². The average molecular weight is 302 g/mol. The second kappa shape index (κ2) is 8.08. The summed E-state index contributed by atoms with van der Waals surface area (Å²) < 4.78 is 5.25. The first-order valence-electron chi connectivity index (χ1n) is 5.45. The topological polar surface area (TPSA) is 58.6 Å². The number of amides is 1. The molecule has 0 aliphatic heterocycles. The number of para-hydroxylation sites is 1. The van der Waals surface area contributed by atoms with E-state index in [0.717, 1.165) is 11.8 Å². The van der Waals surface area contributed by atoms with E-state index in [9.17, 15) is 9.90 Å². The highest BCUT2D eigenvalue weighted by atomic mass is 79.9. The smallest absolute Gasteiger partial charge is 0.255 e. The maximum atomic E-state index is 11.6. The Hall–Kier alpha value is -1.07. The molecule has 0 saturated heterocycles. The van der Waals surface area contributed by atoms with Gasteiger partial charge in [-0.2, -0.15) is 0 Å². The van der Waals surface area contributed by atoms with Crippen molar-refractivity contribution in [1.82, 2.24) is 5.32 Å². The zero-order chi connectivity index (χ0) is 12.5. The van der Waals surface area contributed by atoms with Crippen molar-refractivity contribution in [3.63, 3.8) is 0 Å². The number of hydrogen-bond donors (Lipinski definition) is 2. The Balaban J connectivity index is 2.24. The lowest BCUT2D eigenvalue weighted by molar-refractivity contribution is 0.0942. The van der Waals surface area contributed by atoms with Crippen LogP contribution < -0.4 is 5.32 Å². The number of phenols is 1. The monoisotopic (exact) mass is 301 g/mol. The van der Waals surface area contributed by atoms with Gasteiger partial charge in [0.15, 0.2) is 0 Å². The molecule has 1 amide bonds. The van der Waals surface area contributed by atoms with Crippen molar-refractivity contribution >= 4 is 21.8 Å². The van der Waals surface area contributed by atoms with Gasteiger partial charge in [-0.15, -0.1) is 0 Å². The molecule has 0 radical (unpaired) electrons. The van der Waals surface area contributed by atoms with Crippen LogP contribution in [0.4, 0.5) is 0 Å². The molecule has 0 bridgehead atoms. The van der Waals surface area contributed by atoms with Crippen molar-refractivity contribution in [3.8, 4) is 5.75 Å². The first kappa shape index (κ1) is 14.0. The summed E-state index contributed by atoms with van der Waals surface area (Å²) in [6.45, 7) is 1.83. The molecule has 5 heteroatoms. The quantitative estimate of drug-likeness (QED) is 0.597. The molecule has 0 fully saturated rings. The summed E-state index contributed by atoms with van der Waals surface area (Å²) in [5.41, 5.74) is 0.300. The molecule has 0 aromatic heterocycles. The van der Waals surface area contributed by atoms with E-state index in [-0.39, 0.29) is 11.7 Å². The third-order valence-electron chi connectivity index (χ3n) is 2.12. The number of ether oxygens (including phenoxy) is 1. The summed E-state index contributed by atoms with van der Waals surface area (Å²) in [4.78, 5) is 11.6. The molecular formula is C12H16BrNO3. The van der Waals surface area contributed by atoms with Crippen molar-refractivity contribution < 1.29 is 14.6 Å². The van der Waals surface area contributed by atoms with Gasteiger partial charge in [-0.25, -0.2) is 0 Å². The number of carbonyl (C=O) groups is 1. The summed E-state index contributed by atoms with van der Waals surface area (Å²) in [5, 5.41) is 13.0. The minimum absolute atomic E-state index is 0.000499. The summed E-state index contributed by atoms with van der Waals surface area (Å²) >= 11 is 3.26. The Kier molecular flexibility index (Phi) is 6.65. The van der Waals surface area contributed by atoms with Gasteiger partial charge in [0.05, 0.1) is 12.2 Å². The summed E-state index contributed by atoms with van der Waals surface area (Å²) in [6.07, 6.45) is 0.756. The fourth-order valence-electron chi connectivity index (χ4n) is 1.29. The van der Waals surface area contributed by atoms with Crippen LogP contribution in [0.25, 0.3) is 0 Å². The van der Waals surface area contributed by atoms with E-state index in [1.165, 1.54) is 6.07 Å². The van der Waals surface area contributed by atoms with Crippen molar-refractivity contribution in [3.05, 3.63) is 29.8 Å². The second-order valence-corrected chi connectivity index (χ2v) is 4.22. The normalized spacial score (nSPS) is 10.2. The molecule has 0 unspecified atom stereocenters. The Morgan fingerprint density at radius 3 is 2.82 bits per heavy atom. The molecule has 0 saturated carbocycles. The van der Waals surface area contributed by atoms with Crippen LogP contribution in [0.5, 0.6) is 5.75 Å². The maximum Gasteiger partial charge on any atom is 0.255 e. The summed E-state index contributed by atoms with van der Waals surface area (Å²) in [7, 11) is 0. The highest BCUT2D eigenvalue weighted by Gasteiger charge is 2.08. The Labute approximate surface area is 109 Å². The molecule has 0 aliphatic rings. The number of hydrogen-bond acceptors (Lipinski definition) is 3. The standard InChI is InChI=1S/C12H16BrNO3/c13-6-9-17-8-3-7-14-12(16)10-4-1-2-5-11(10)15/h1-2,4-5,15H,3,6-9H2,(H,14,16). The highest BCUT2D eigenvalue weighted by Crippen LogP contribution is 2.14. The Morgan fingerprint density at radius 2 is 2.12 bits per heavy atom. The molecular weight excluding hydrogens is 286 g/mol. The molecule has 94 valence electrons. The molecule has 4 nitrogen and oxygen atoms in total. The van der Waals surface area contributed by atoms with Gasteiger partial charge in [-0.05, 0) is 18.6 Å². The number of benzene rings is 1. The zero-order valence-corrected chi connectivity index (χ0v) is 11.1. The number of rotatable bonds is 7. The van der Waals surface area contributed by atoms with Gasteiger partial charge in [0.2, 0.25) is 0 Å². The van der Waals surface area contributed by atoms with Gasteiger partial charge >= 0.3 is 0 Å². The Morgan fingerprint density at radius 1 is 1.35 bits per heavy atom. The molecule has 0 atom stereocenters. The number of carbonyl (C=O) groups excluding carboxylic acids is 1. The Bertz CT molecular complexity index is 357. The fourth-order valence-corrected chi connectivity index (χ4v) is 1.52. The van der Waals surface area contributed by atoms with E-state index in [0.29, 0.717) is 25.3 Å². The fraction of sp³-hybridized carbons (Fsp3) is 0.417. The van der Waals surface area contributed by atoms with E-state index in [4.69, 9.17) is 4.74 Å². The number of halogens is 1. The number of alkyl halides is 1. The van der Waals surface area contributed by atoms with Gasteiger partial charge < -0.3 is 15.2 Å². The van der Waals surface area contributed by atoms with E-state index < -0.39 is 0 Å². The lowest BCUT2D eigenvalue weighted by Crippen LogP contribution is -2.25. The SMILES string of the molecule is O=C(NCCCOCCBr)c1ccccc1O. The molecule has 0 aliphatic carbocycles. The molecule has 0 heterocycles. The number of phenolic OH excluding ortho intramolecular Hbond substituents is 1. The lowest BCUT2D eigenvalue weighted by atomic mass is 10.2. The molecule has 2 N–H and O–H groups in total. The average Bonchev–Trinajstić information content (AvgIpc) is 2.34. The van der Waals surface area contributed by atoms with Crippen LogP contribution in [0.15, 0.2) is 24.3 Å². The number of aromatic hydroxyl groups is 1. The van der Waals surface area contributed by atoms with Crippen LogP contribution in [0.3, 0.4) is 0 Å². The first-order chi connectivity index (χ1) is 8.25. The van der Waals surface area contributed by atoms with Gasteiger partial charge in [0.25, 0.3) is 5.91 Å². The van der Waals surface area contributed by atoms with Crippen LogP contribution in [0.2, 0.25) is 0 Å². The van der Waals surface area contributed by atoms with Crippen LogP contribution in [-0.2, 0) is 4.74 Å². The molecule has 1 aromatic carbocycles. The summed E-state index contributed by atoms with van der Waals surface area (Å²) in [5.74, 6) is -0.260. The molecule has 17 heavy (non-hydrogen) atoms. The molecule has 1 aromatic rings. The maximum absolute atomic E-state index is 11.6. The van der Waals surface area contributed by atoms with Crippen LogP contribution >= 0.6 is 15.9 Å². The van der Waals surface area contributed by atoms with Gasteiger partial charge in [-0.3, -0.25) is 4.79 Å². The third-order valence-corrected chi connectivity index (χ3v) is 2.44. The predicted molar refractivity (Wildman–Crippen MR) is 69.7 cm³/mol. The van der Waals surface area contributed by atoms with Gasteiger partial charge in [0, 0.05) is 18.5 Å². The van der Waals surface area contributed by atoms with E-state index >= 15 is 0 Å². The number of nitrogens with one attached hydrogen (secondary N) is 1. The van der Waals surface area contributed by atoms with Crippen molar-refractivity contribution in [1.29, 1.82) is 0 Å². The molecule has 0 spiro atoms. The predicted octanol–water partition coefficient (Wildman–Crippen LogP) is 1.92. The van der Waals surface area contributed by atoms with E-state index in [1.807, 2.05) is 0 Å². The first-order valence-corrected chi connectivity index (χ1v) is 6.57. The van der Waals surface area contributed by atoms with Crippen LogP contribution in [0, 0.1) is 0 Å². The van der Waals surface area contributed by atoms with Gasteiger partial charge in [-0.1, -0.05) is 28.1 Å². The van der Waals surface area contributed by atoms with Gasteiger partial charge in [0.1, 0.15) is 5.75 Å². The van der Waals surface area contributed by atoms with Crippen molar-refractivity contribution in [2.75, 3.05) is 25.1 Å². The van der Waals surface area contributed by atoms with Crippen LogP contribution in [0.1, 0.15) is 16.8 Å². The third kappa shape index (κ3) is 5.19. The second-order valence-electron chi connectivity index (χ2n) is 3.43. The highest BCUT2D eigenvalue weighted by molar-refractivity contribution is 9.09. The zero-order valence-electron chi connectivity index (χ0n) is 9.49. The largest absolute Gasteiger partial charge is 0.507 e. The van der Waals surface area contributed by atoms with Crippen molar-refractivity contribution in [2.24, 2.45) is 0 Å². The lowest BCUT2D eigenvalue weighted by Gasteiger charge is -2.06. The molecule has 1 rings (SSSR count). The minimum atomic E-state index is -0.261. The minimum Gasteiger partial charge on any atom is -0.507 e. The summed E-state index contributed by atoms with van der Waals surface area (Å²) in [6, 6.07) is 6.48. The van der Waals surface area contributed by atoms with E-state index in [1.54, 1.807) is 18.2 Å². The van der Waals surface area contributed by atoms with Crippen molar-refractivity contribution in [2.45, 2.75) is 6.42 Å².